The second kappa shape index (κ2) is 4.96. The third kappa shape index (κ3) is 2.27. The van der Waals surface area contributed by atoms with Gasteiger partial charge in [0.25, 0.3) is 0 Å². The van der Waals surface area contributed by atoms with E-state index in [-0.39, 0.29) is 11.3 Å². The van der Waals surface area contributed by atoms with Crippen molar-refractivity contribution in [2.75, 3.05) is 0 Å². The molecule has 0 aliphatic carbocycles. The van der Waals surface area contributed by atoms with E-state index in [1.807, 2.05) is 60.7 Å². The van der Waals surface area contributed by atoms with Crippen LogP contribution in [0.5, 0.6) is 0 Å². The van der Waals surface area contributed by atoms with Crippen molar-refractivity contribution in [2.24, 2.45) is 0 Å². The molecule has 1 aliphatic heterocycles. The lowest BCUT2D eigenvalue weighted by atomic mass is 10.0. The van der Waals surface area contributed by atoms with Crippen LogP contribution in [0.4, 0.5) is 0 Å². The Bertz CT molecular complexity index is 543. The van der Waals surface area contributed by atoms with Crippen LogP contribution in [0, 0.1) is 0 Å². The molecule has 0 unspecified atom stereocenters. The topological polar surface area (TPSA) is 37.3 Å². The molecule has 1 N–H and O–H groups in total. The third-order valence-electron chi connectivity index (χ3n) is 3.98. The molecule has 0 amide bonds. The van der Waals surface area contributed by atoms with Crippen molar-refractivity contribution in [1.29, 1.82) is 0 Å². The fourth-order valence-electron chi connectivity index (χ4n) is 3.01. The van der Waals surface area contributed by atoms with Gasteiger partial charge in [-0.25, -0.2) is 0 Å². The number of benzene rings is 2. The van der Waals surface area contributed by atoms with Crippen LogP contribution in [0.3, 0.4) is 0 Å². The van der Waals surface area contributed by atoms with Gasteiger partial charge >= 0.3 is 0 Å². The molecule has 0 aromatic heterocycles. The van der Waals surface area contributed by atoms with E-state index in [9.17, 15) is 9.46 Å². The summed E-state index contributed by atoms with van der Waals surface area (Å²) in [6, 6.07) is 19.5. The van der Waals surface area contributed by atoms with Crippen LogP contribution in [0.25, 0.3) is 0 Å². The van der Waals surface area contributed by atoms with Crippen LogP contribution in [0.1, 0.15) is 35.3 Å². The van der Waals surface area contributed by atoms with Crippen molar-refractivity contribution in [2.45, 2.75) is 24.2 Å². The van der Waals surface area contributed by atoms with Crippen molar-refractivity contribution >= 4 is 7.37 Å². The molecule has 19 heavy (non-hydrogen) atoms. The smallest absolute Gasteiger partial charge is 0.215 e. The summed E-state index contributed by atoms with van der Waals surface area (Å²) in [5.41, 5.74) is 1.57. The van der Waals surface area contributed by atoms with Crippen molar-refractivity contribution in [3.05, 3.63) is 71.8 Å². The maximum absolute atomic E-state index is 12.8. The van der Waals surface area contributed by atoms with Crippen molar-refractivity contribution in [3.63, 3.8) is 0 Å². The Morgan fingerprint density at radius 3 is 1.53 bits per heavy atom. The van der Waals surface area contributed by atoms with Gasteiger partial charge in [-0.3, -0.25) is 4.57 Å². The fourth-order valence-corrected chi connectivity index (χ4v) is 5.68. The first-order valence-corrected chi connectivity index (χ1v) is 8.41. The molecule has 2 aromatic carbocycles. The van der Waals surface area contributed by atoms with Gasteiger partial charge in [0.05, 0.1) is 11.3 Å². The highest BCUT2D eigenvalue weighted by Gasteiger charge is 2.46. The minimum Gasteiger partial charge on any atom is -0.343 e. The first-order chi connectivity index (χ1) is 9.19. The molecule has 0 spiro atoms. The van der Waals surface area contributed by atoms with E-state index in [0.717, 1.165) is 24.0 Å². The van der Waals surface area contributed by atoms with Crippen LogP contribution < -0.4 is 0 Å². The Balaban J connectivity index is 1.95. The lowest BCUT2D eigenvalue weighted by molar-refractivity contribution is 0.465. The second-order valence-corrected chi connectivity index (χ2v) is 7.69. The Kier molecular flexibility index (Phi) is 3.30. The molecule has 3 rings (SSSR count). The molecular formula is C16H17O2P. The summed E-state index contributed by atoms with van der Waals surface area (Å²) in [4.78, 5) is 10.6. The average Bonchev–Trinajstić information content (AvgIpc) is 2.76. The monoisotopic (exact) mass is 272 g/mol. The van der Waals surface area contributed by atoms with Crippen LogP contribution in [-0.4, -0.2) is 4.89 Å². The highest BCUT2D eigenvalue weighted by atomic mass is 31.2. The minimum absolute atomic E-state index is 0.209. The molecule has 98 valence electrons. The summed E-state index contributed by atoms with van der Waals surface area (Å²) in [7, 11) is -3.21. The van der Waals surface area contributed by atoms with E-state index in [1.165, 1.54) is 0 Å². The summed E-state index contributed by atoms with van der Waals surface area (Å²) in [5.74, 6) is 0. The number of rotatable bonds is 2. The zero-order chi connectivity index (χ0) is 13.3. The van der Waals surface area contributed by atoms with Gasteiger partial charge in [-0.15, -0.1) is 0 Å². The summed E-state index contributed by atoms with van der Waals surface area (Å²) in [6.07, 6.45) is 1.58. The van der Waals surface area contributed by atoms with Crippen LogP contribution in [-0.2, 0) is 4.57 Å². The van der Waals surface area contributed by atoms with Crippen LogP contribution in [0.15, 0.2) is 60.7 Å². The Morgan fingerprint density at radius 2 is 1.16 bits per heavy atom. The largest absolute Gasteiger partial charge is 0.343 e. The first kappa shape index (κ1) is 12.7. The summed E-state index contributed by atoms with van der Waals surface area (Å²) in [5, 5.41) is 0. The molecule has 3 heteroatoms. The molecule has 2 aromatic rings. The van der Waals surface area contributed by atoms with Gasteiger partial charge in [-0.2, -0.15) is 0 Å². The van der Waals surface area contributed by atoms with Crippen molar-refractivity contribution in [1.82, 2.24) is 0 Å². The van der Waals surface area contributed by atoms with Crippen LogP contribution >= 0.6 is 7.37 Å². The highest BCUT2D eigenvalue weighted by Crippen LogP contribution is 2.73. The highest BCUT2D eigenvalue weighted by molar-refractivity contribution is 7.59. The minimum atomic E-state index is -3.21. The fraction of sp³-hybridized carbons (Fsp3) is 0.250. The second-order valence-electron chi connectivity index (χ2n) is 5.10. The molecule has 0 radical (unpaired) electrons. The molecule has 2 nitrogen and oxygen atoms in total. The predicted molar refractivity (Wildman–Crippen MR) is 77.4 cm³/mol. The van der Waals surface area contributed by atoms with E-state index >= 15 is 0 Å². The van der Waals surface area contributed by atoms with Gasteiger partial charge in [0, 0.05) is 0 Å². The Labute approximate surface area is 113 Å². The summed E-state index contributed by atoms with van der Waals surface area (Å²) in [6.45, 7) is 0. The summed E-state index contributed by atoms with van der Waals surface area (Å²) >= 11 is 0. The van der Waals surface area contributed by atoms with Gasteiger partial charge in [-0.1, -0.05) is 60.7 Å². The van der Waals surface area contributed by atoms with Gasteiger partial charge in [0.1, 0.15) is 0 Å². The van der Waals surface area contributed by atoms with Gasteiger partial charge in [0.2, 0.25) is 7.37 Å². The molecule has 2 atom stereocenters. The number of hydrogen-bond donors (Lipinski definition) is 1. The van der Waals surface area contributed by atoms with E-state index in [0.29, 0.717) is 0 Å². The normalized spacial score (nSPS) is 25.3. The van der Waals surface area contributed by atoms with E-state index in [2.05, 4.69) is 0 Å². The summed E-state index contributed by atoms with van der Waals surface area (Å²) < 4.78 is 12.8. The zero-order valence-electron chi connectivity index (χ0n) is 10.6. The maximum atomic E-state index is 12.8. The molecule has 0 saturated carbocycles. The van der Waals surface area contributed by atoms with E-state index in [1.54, 1.807) is 0 Å². The van der Waals surface area contributed by atoms with E-state index < -0.39 is 7.37 Å². The third-order valence-corrected chi connectivity index (χ3v) is 6.87. The lowest BCUT2D eigenvalue weighted by Gasteiger charge is -2.20. The molecular weight excluding hydrogens is 255 g/mol. The Hall–Kier alpha value is -1.37. The van der Waals surface area contributed by atoms with Gasteiger partial charge < -0.3 is 4.89 Å². The molecule has 1 fully saturated rings. The first-order valence-electron chi connectivity index (χ1n) is 6.61. The average molecular weight is 272 g/mol. The Morgan fingerprint density at radius 1 is 0.789 bits per heavy atom. The van der Waals surface area contributed by atoms with E-state index in [4.69, 9.17) is 0 Å². The lowest BCUT2D eigenvalue weighted by Crippen LogP contribution is -1.97. The molecule has 0 bridgehead atoms. The molecule has 1 saturated heterocycles. The standard InChI is InChI=1S/C16H17O2P/c17-19(18)15(13-7-3-1-4-8-13)11-12-16(19)14-9-5-2-6-10-14/h1-10,15-16H,11-12H2,(H,17,18)/t15-,16-/m0/s1. The number of hydrogen-bond acceptors (Lipinski definition) is 1. The van der Waals surface area contributed by atoms with Gasteiger partial charge in [-0.05, 0) is 24.0 Å². The quantitative estimate of drug-likeness (QED) is 0.815. The van der Waals surface area contributed by atoms with Gasteiger partial charge in [0.15, 0.2) is 0 Å². The predicted octanol–water partition coefficient (Wildman–Crippen LogP) is 4.53. The SMILES string of the molecule is O=P1(O)[C@H](c2ccccc2)CC[C@H]1c1ccccc1. The van der Waals surface area contributed by atoms with Crippen molar-refractivity contribution < 1.29 is 9.46 Å². The molecule has 1 heterocycles. The maximum Gasteiger partial charge on any atom is 0.215 e. The zero-order valence-corrected chi connectivity index (χ0v) is 11.5. The van der Waals surface area contributed by atoms with Crippen molar-refractivity contribution in [3.8, 4) is 0 Å². The van der Waals surface area contributed by atoms with Crippen LogP contribution in [0.2, 0.25) is 0 Å². The molecule has 1 aliphatic rings.